The smallest absolute Gasteiger partial charge is 0.357 e. The third-order valence-electron chi connectivity index (χ3n) is 3.25. The quantitative estimate of drug-likeness (QED) is 0.519. The summed E-state index contributed by atoms with van der Waals surface area (Å²) in [7, 11) is -0.208. The van der Waals surface area contributed by atoms with Gasteiger partial charge in [0.05, 0.1) is 18.4 Å². The first-order valence-corrected chi connectivity index (χ1v) is 10.9. The number of nitrogen functional groups attached to an aromatic ring is 1. The second-order valence-corrected chi connectivity index (χ2v) is 11.1. The fraction of sp³-hybridized carbons (Fsp3) is 0.222. The number of ether oxygens (including phenoxy) is 1. The minimum Gasteiger partial charge on any atom is -0.464 e. The lowest BCUT2D eigenvalue weighted by molar-refractivity contribution is 0.0593. The van der Waals surface area contributed by atoms with E-state index in [1.54, 1.807) is 4.57 Å². The summed E-state index contributed by atoms with van der Waals surface area (Å²) in [6, 6.07) is 9.44. The van der Waals surface area contributed by atoms with Crippen LogP contribution in [-0.4, -0.2) is 25.7 Å². The van der Waals surface area contributed by atoms with E-state index in [1.165, 1.54) is 13.3 Å². The number of methoxy groups -OCH3 is 1. The van der Waals surface area contributed by atoms with Gasteiger partial charge in [-0.3, -0.25) is 0 Å². The molecule has 0 unspecified atom stereocenters. The molecule has 122 valence electrons. The SMILES string of the molecule is COC(=O)c1c(N)c(C#N)cn1-c1cccc(C#C[Si](C)(C)C)c1. The monoisotopic (exact) mass is 337 g/mol. The van der Waals surface area contributed by atoms with E-state index in [9.17, 15) is 10.1 Å². The maximum Gasteiger partial charge on any atom is 0.357 e. The summed E-state index contributed by atoms with van der Waals surface area (Å²) in [6.45, 7) is 6.52. The number of benzene rings is 1. The van der Waals surface area contributed by atoms with Crippen molar-refractivity contribution in [1.82, 2.24) is 4.57 Å². The Labute approximate surface area is 142 Å². The molecule has 0 bridgehead atoms. The molecule has 0 saturated carbocycles. The highest BCUT2D eigenvalue weighted by atomic mass is 28.3. The molecule has 2 rings (SSSR count). The van der Waals surface area contributed by atoms with E-state index < -0.39 is 14.0 Å². The largest absolute Gasteiger partial charge is 0.464 e. The zero-order valence-corrected chi connectivity index (χ0v) is 15.2. The second-order valence-electron chi connectivity index (χ2n) is 6.33. The molecule has 1 aromatic carbocycles. The number of carbonyl (C=O) groups excluding carboxylic acids is 1. The van der Waals surface area contributed by atoms with Gasteiger partial charge in [0.15, 0.2) is 5.69 Å². The van der Waals surface area contributed by atoms with Gasteiger partial charge in [0.1, 0.15) is 14.1 Å². The molecule has 2 aromatic rings. The molecule has 1 aromatic heterocycles. The Morgan fingerprint density at radius 2 is 2.04 bits per heavy atom. The van der Waals surface area contributed by atoms with E-state index in [2.05, 4.69) is 31.1 Å². The van der Waals surface area contributed by atoms with Crippen molar-refractivity contribution in [2.24, 2.45) is 0 Å². The topological polar surface area (TPSA) is 81.0 Å². The maximum absolute atomic E-state index is 12.0. The predicted molar refractivity (Wildman–Crippen MR) is 96.5 cm³/mol. The Bertz CT molecular complexity index is 890. The fourth-order valence-electron chi connectivity index (χ4n) is 2.11. The molecule has 1 heterocycles. The summed E-state index contributed by atoms with van der Waals surface area (Å²) >= 11 is 0. The summed E-state index contributed by atoms with van der Waals surface area (Å²) in [5.41, 5.74) is 11.3. The van der Waals surface area contributed by atoms with E-state index in [0.29, 0.717) is 5.69 Å². The Kier molecular flexibility index (Phi) is 4.82. The van der Waals surface area contributed by atoms with E-state index >= 15 is 0 Å². The first-order chi connectivity index (χ1) is 11.3. The van der Waals surface area contributed by atoms with Crippen LogP contribution in [0.4, 0.5) is 5.69 Å². The molecule has 0 saturated heterocycles. The highest BCUT2D eigenvalue weighted by Crippen LogP contribution is 2.25. The van der Waals surface area contributed by atoms with Crippen LogP contribution in [0, 0.1) is 22.8 Å². The van der Waals surface area contributed by atoms with Gasteiger partial charge >= 0.3 is 5.97 Å². The number of hydrogen-bond donors (Lipinski definition) is 1. The minimum absolute atomic E-state index is 0.114. The molecule has 0 fully saturated rings. The molecule has 24 heavy (non-hydrogen) atoms. The van der Waals surface area contributed by atoms with Crippen molar-refractivity contribution in [2.45, 2.75) is 19.6 Å². The molecule has 5 nitrogen and oxygen atoms in total. The van der Waals surface area contributed by atoms with Crippen LogP contribution in [-0.2, 0) is 4.74 Å². The van der Waals surface area contributed by atoms with E-state index in [1.807, 2.05) is 30.3 Å². The number of nitrogens with zero attached hydrogens (tertiary/aromatic N) is 2. The first kappa shape index (κ1) is 17.4. The van der Waals surface area contributed by atoms with Crippen molar-refractivity contribution in [2.75, 3.05) is 12.8 Å². The summed E-state index contributed by atoms with van der Waals surface area (Å²) in [4.78, 5) is 12.0. The van der Waals surface area contributed by atoms with Crippen LogP contribution < -0.4 is 5.73 Å². The lowest BCUT2D eigenvalue weighted by Crippen LogP contribution is -2.16. The summed E-state index contributed by atoms with van der Waals surface area (Å²) in [5, 5.41) is 9.17. The van der Waals surface area contributed by atoms with E-state index in [0.717, 1.165) is 5.56 Å². The molecule has 0 amide bonds. The Morgan fingerprint density at radius 1 is 1.33 bits per heavy atom. The number of aromatic nitrogens is 1. The molecular weight excluding hydrogens is 318 g/mol. The molecule has 0 radical (unpaired) electrons. The number of anilines is 1. The molecular formula is C18H19N3O2Si. The molecule has 0 aliphatic carbocycles. The van der Waals surface area contributed by atoms with E-state index in [-0.39, 0.29) is 16.9 Å². The van der Waals surface area contributed by atoms with Gasteiger partial charge in [-0.05, 0) is 18.2 Å². The first-order valence-electron chi connectivity index (χ1n) is 7.39. The van der Waals surface area contributed by atoms with Gasteiger partial charge in [0.25, 0.3) is 0 Å². The van der Waals surface area contributed by atoms with Gasteiger partial charge in [0.2, 0.25) is 0 Å². The van der Waals surface area contributed by atoms with Crippen LogP contribution in [0.1, 0.15) is 21.6 Å². The number of nitriles is 1. The van der Waals surface area contributed by atoms with Crippen molar-refractivity contribution in [3.8, 4) is 23.2 Å². The predicted octanol–water partition coefficient (Wildman–Crippen LogP) is 2.95. The third kappa shape index (κ3) is 3.68. The molecule has 0 atom stereocenters. The summed E-state index contributed by atoms with van der Waals surface area (Å²) in [6.07, 6.45) is 1.53. The lowest BCUT2D eigenvalue weighted by Gasteiger charge is -2.09. The van der Waals surface area contributed by atoms with Crippen molar-refractivity contribution in [3.05, 3.63) is 47.3 Å². The Hall–Kier alpha value is -2.96. The van der Waals surface area contributed by atoms with Gasteiger partial charge in [0, 0.05) is 17.4 Å². The molecule has 0 aliphatic rings. The van der Waals surface area contributed by atoms with Crippen LogP contribution in [0.15, 0.2) is 30.5 Å². The lowest BCUT2D eigenvalue weighted by atomic mass is 10.2. The van der Waals surface area contributed by atoms with Crippen LogP contribution in [0.5, 0.6) is 0 Å². The van der Waals surface area contributed by atoms with Gasteiger partial charge in [-0.15, -0.1) is 5.54 Å². The molecule has 2 N–H and O–H groups in total. The highest BCUT2D eigenvalue weighted by molar-refractivity contribution is 6.83. The Balaban J connectivity index is 2.59. The van der Waals surface area contributed by atoms with Crippen LogP contribution in [0.3, 0.4) is 0 Å². The van der Waals surface area contributed by atoms with Crippen molar-refractivity contribution >= 4 is 19.7 Å². The average Bonchev–Trinajstić information content (AvgIpc) is 2.88. The zero-order chi connectivity index (χ0) is 17.9. The van der Waals surface area contributed by atoms with Crippen LogP contribution in [0.2, 0.25) is 19.6 Å². The summed E-state index contributed by atoms with van der Waals surface area (Å²) < 4.78 is 6.36. The fourth-order valence-corrected chi connectivity index (χ4v) is 2.63. The molecule has 0 aliphatic heterocycles. The number of carbonyl (C=O) groups is 1. The number of nitrogens with two attached hydrogens (primary N) is 1. The van der Waals surface area contributed by atoms with Crippen molar-refractivity contribution in [3.63, 3.8) is 0 Å². The maximum atomic E-state index is 12.0. The van der Waals surface area contributed by atoms with Gasteiger partial charge in [-0.25, -0.2) is 4.79 Å². The average molecular weight is 337 g/mol. The van der Waals surface area contributed by atoms with Gasteiger partial charge in [-0.1, -0.05) is 31.6 Å². The number of esters is 1. The normalized spacial score (nSPS) is 10.5. The number of hydrogen-bond acceptors (Lipinski definition) is 4. The Morgan fingerprint density at radius 3 is 2.62 bits per heavy atom. The van der Waals surface area contributed by atoms with Crippen LogP contribution in [0.25, 0.3) is 5.69 Å². The minimum atomic E-state index is -1.49. The second kappa shape index (κ2) is 6.65. The van der Waals surface area contributed by atoms with Gasteiger partial charge in [-0.2, -0.15) is 5.26 Å². The van der Waals surface area contributed by atoms with Gasteiger partial charge < -0.3 is 15.0 Å². The highest BCUT2D eigenvalue weighted by Gasteiger charge is 2.21. The van der Waals surface area contributed by atoms with E-state index in [4.69, 9.17) is 10.5 Å². The van der Waals surface area contributed by atoms with Crippen LogP contribution >= 0.6 is 0 Å². The molecule has 0 spiro atoms. The van der Waals surface area contributed by atoms with Crippen molar-refractivity contribution < 1.29 is 9.53 Å². The third-order valence-corrected chi connectivity index (χ3v) is 4.12. The number of rotatable bonds is 2. The zero-order valence-electron chi connectivity index (χ0n) is 14.2. The van der Waals surface area contributed by atoms with Crippen molar-refractivity contribution in [1.29, 1.82) is 5.26 Å². The summed E-state index contributed by atoms with van der Waals surface area (Å²) in [5.74, 6) is 2.59. The standard InChI is InChI=1S/C18H19N3O2Si/c1-23-18(22)17-16(20)14(11-19)12-21(17)15-7-5-6-13(10-15)8-9-24(2,3)4/h5-7,10,12H,20H2,1-4H3. The molecule has 6 heteroatoms.